The molecule has 0 unspecified atom stereocenters. The van der Waals surface area contributed by atoms with Crippen LogP contribution in [-0.4, -0.2) is 49.6 Å². The summed E-state index contributed by atoms with van der Waals surface area (Å²) >= 11 is 0. The molecule has 0 saturated carbocycles. The van der Waals surface area contributed by atoms with Crippen LogP contribution in [0.4, 0.5) is 0 Å². The van der Waals surface area contributed by atoms with Crippen molar-refractivity contribution in [2.75, 3.05) is 39.9 Å². The van der Waals surface area contributed by atoms with E-state index in [1.807, 2.05) is 6.07 Å². The number of ether oxygens (including phenoxy) is 2. The lowest BCUT2D eigenvalue weighted by Gasteiger charge is -2.50. The van der Waals surface area contributed by atoms with Crippen LogP contribution in [0.5, 0.6) is 11.5 Å². The number of piperazine rings is 1. The number of rotatable bonds is 16. The smallest absolute Gasteiger partial charge is 0.169 e. The SMILES string of the molecule is CCCCCCCCCCCCOc1c(C[N+]2([O-])CCN([O-])CC2)cc(CC)cc1OC. The Morgan fingerprint density at radius 3 is 2.06 bits per heavy atom. The Balaban J connectivity index is 1.85. The predicted molar refractivity (Wildman–Crippen MR) is 132 cm³/mol. The van der Waals surface area contributed by atoms with Crippen LogP contribution >= 0.6 is 0 Å². The molecule has 0 bridgehead atoms. The van der Waals surface area contributed by atoms with E-state index < -0.39 is 0 Å². The fourth-order valence-electron chi connectivity index (χ4n) is 4.40. The summed E-state index contributed by atoms with van der Waals surface area (Å²) in [6.07, 6.45) is 13.7. The second kappa shape index (κ2) is 14.7. The largest absolute Gasteiger partial charge is 0.785 e. The van der Waals surface area contributed by atoms with E-state index >= 15 is 0 Å². The average Bonchev–Trinajstić information content (AvgIpc) is 2.80. The third-order valence-electron chi connectivity index (χ3n) is 6.54. The number of aryl methyl sites for hydroxylation is 1. The van der Waals surface area contributed by atoms with E-state index in [0.717, 1.165) is 29.0 Å². The predicted octanol–water partition coefficient (Wildman–Crippen LogP) is 6.19. The number of benzene rings is 1. The number of hydroxylamine groups is 5. The van der Waals surface area contributed by atoms with E-state index in [9.17, 15) is 10.4 Å². The van der Waals surface area contributed by atoms with Gasteiger partial charge in [-0.05, 0) is 30.5 Å². The third kappa shape index (κ3) is 9.26. The van der Waals surface area contributed by atoms with Gasteiger partial charge in [0.05, 0.1) is 32.4 Å². The van der Waals surface area contributed by atoms with Gasteiger partial charge in [0, 0.05) is 13.1 Å². The first-order valence-corrected chi connectivity index (χ1v) is 12.8. The Labute approximate surface area is 195 Å². The summed E-state index contributed by atoms with van der Waals surface area (Å²) in [5, 5.41) is 25.7. The van der Waals surface area contributed by atoms with Crippen LogP contribution in [0.25, 0.3) is 0 Å². The first-order valence-electron chi connectivity index (χ1n) is 12.8. The van der Waals surface area contributed by atoms with Crippen LogP contribution < -0.4 is 9.47 Å². The zero-order chi connectivity index (χ0) is 23.2. The molecule has 1 aliphatic rings. The Kier molecular flexibility index (Phi) is 12.4. The topological polar surface area (TPSA) is 67.8 Å². The molecule has 0 amide bonds. The van der Waals surface area contributed by atoms with Gasteiger partial charge in [0.2, 0.25) is 0 Å². The monoisotopic (exact) mass is 449 g/mol. The van der Waals surface area contributed by atoms with Gasteiger partial charge < -0.3 is 29.6 Å². The Morgan fingerprint density at radius 1 is 0.906 bits per heavy atom. The molecule has 1 aliphatic heterocycles. The normalized spacial score (nSPS) is 16.3. The van der Waals surface area contributed by atoms with Crippen LogP contribution in [0.15, 0.2) is 12.1 Å². The van der Waals surface area contributed by atoms with Crippen LogP contribution in [-0.2, 0) is 13.0 Å². The fourth-order valence-corrected chi connectivity index (χ4v) is 4.40. The van der Waals surface area contributed by atoms with Gasteiger partial charge in [-0.1, -0.05) is 71.6 Å². The molecule has 2 rings (SSSR count). The Morgan fingerprint density at radius 2 is 1.50 bits per heavy atom. The molecule has 0 aliphatic carbocycles. The highest BCUT2D eigenvalue weighted by Gasteiger charge is 2.25. The van der Waals surface area contributed by atoms with Crippen molar-refractivity contribution < 1.29 is 14.1 Å². The standard InChI is InChI=1S/C26H45N2O4/c1-4-6-7-8-9-10-11-12-13-14-19-32-26-24(20-23(5-2)21-25(26)31-3)22-28(30)17-15-27(29)16-18-28/h20-21H,4-19,22H2,1-3H3/q-1. The average molecular weight is 450 g/mol. The maximum atomic E-state index is 13.2. The highest BCUT2D eigenvalue weighted by molar-refractivity contribution is 5.49. The quantitative estimate of drug-likeness (QED) is 0.171. The number of quaternary nitrogens is 1. The van der Waals surface area contributed by atoms with Gasteiger partial charge in [0.25, 0.3) is 0 Å². The summed E-state index contributed by atoms with van der Waals surface area (Å²) in [5.41, 5.74) is 2.04. The van der Waals surface area contributed by atoms with Crippen molar-refractivity contribution in [2.45, 2.75) is 91.0 Å². The first-order chi connectivity index (χ1) is 15.5. The maximum absolute atomic E-state index is 13.2. The molecule has 1 fully saturated rings. The molecule has 1 aromatic carbocycles. The molecule has 1 aromatic rings. The molecule has 1 heterocycles. The molecule has 184 valence electrons. The second-order valence-electron chi connectivity index (χ2n) is 9.26. The molecule has 0 N–H and O–H groups in total. The number of hydrogen-bond acceptors (Lipinski definition) is 5. The summed E-state index contributed by atoms with van der Waals surface area (Å²) in [7, 11) is 1.66. The van der Waals surface area contributed by atoms with Crippen molar-refractivity contribution >= 4 is 0 Å². The van der Waals surface area contributed by atoms with Crippen molar-refractivity contribution in [3.63, 3.8) is 0 Å². The first kappa shape index (κ1) is 26.9. The summed E-state index contributed by atoms with van der Waals surface area (Å²) in [6, 6.07) is 4.10. The Bertz CT molecular complexity index is 645. The molecule has 1 saturated heterocycles. The summed E-state index contributed by atoms with van der Waals surface area (Å²) in [4.78, 5) is 0. The zero-order valence-corrected chi connectivity index (χ0v) is 20.7. The summed E-state index contributed by atoms with van der Waals surface area (Å²) in [5.74, 6) is 1.42. The van der Waals surface area contributed by atoms with Crippen molar-refractivity contribution in [3.8, 4) is 11.5 Å². The minimum absolute atomic E-state index is 0.295. The second-order valence-corrected chi connectivity index (χ2v) is 9.26. The molecule has 0 radical (unpaired) electrons. The highest BCUT2D eigenvalue weighted by Crippen LogP contribution is 2.35. The number of nitrogens with zero attached hydrogens (tertiary/aromatic N) is 2. The van der Waals surface area contributed by atoms with Gasteiger partial charge in [-0.25, -0.2) is 0 Å². The molecule has 6 nitrogen and oxygen atoms in total. The number of unbranched alkanes of at least 4 members (excludes halogenated alkanes) is 9. The molecule has 0 atom stereocenters. The lowest BCUT2D eigenvalue weighted by atomic mass is 10.1. The van der Waals surface area contributed by atoms with Gasteiger partial charge in [0.15, 0.2) is 11.5 Å². The van der Waals surface area contributed by atoms with E-state index in [0.29, 0.717) is 50.8 Å². The lowest BCUT2D eigenvalue weighted by Crippen LogP contribution is -2.54. The van der Waals surface area contributed by atoms with E-state index in [-0.39, 0.29) is 4.65 Å². The van der Waals surface area contributed by atoms with Gasteiger partial charge in [-0.2, -0.15) is 0 Å². The number of methoxy groups -OCH3 is 1. The zero-order valence-electron chi connectivity index (χ0n) is 20.7. The highest BCUT2D eigenvalue weighted by atomic mass is 16.6. The van der Waals surface area contributed by atoms with Gasteiger partial charge in [-0.3, -0.25) is 0 Å². The maximum Gasteiger partial charge on any atom is 0.169 e. The summed E-state index contributed by atoms with van der Waals surface area (Å²) < 4.78 is 11.4. The van der Waals surface area contributed by atoms with Crippen LogP contribution in [0, 0.1) is 10.4 Å². The van der Waals surface area contributed by atoms with Gasteiger partial charge in [-0.15, -0.1) is 0 Å². The number of hydrogen-bond donors (Lipinski definition) is 0. The minimum Gasteiger partial charge on any atom is -0.785 e. The molecule has 6 heteroatoms. The fraction of sp³-hybridized carbons (Fsp3) is 0.769. The molecule has 32 heavy (non-hydrogen) atoms. The summed E-state index contributed by atoms with van der Waals surface area (Å²) in [6.45, 7) is 6.55. The van der Waals surface area contributed by atoms with Gasteiger partial charge >= 0.3 is 0 Å². The van der Waals surface area contributed by atoms with Crippen molar-refractivity contribution in [1.29, 1.82) is 0 Å². The Hall–Kier alpha value is -1.34. The van der Waals surface area contributed by atoms with Crippen LogP contribution in [0.3, 0.4) is 0 Å². The third-order valence-corrected chi connectivity index (χ3v) is 6.54. The van der Waals surface area contributed by atoms with E-state index in [2.05, 4.69) is 19.9 Å². The van der Waals surface area contributed by atoms with Crippen molar-refractivity contribution in [2.24, 2.45) is 0 Å². The van der Waals surface area contributed by atoms with E-state index in [1.165, 1.54) is 57.8 Å². The molecular formula is C26H45N2O4-. The van der Waals surface area contributed by atoms with E-state index in [4.69, 9.17) is 9.47 Å². The molecule has 0 spiro atoms. The van der Waals surface area contributed by atoms with Gasteiger partial charge in [0.1, 0.15) is 6.54 Å². The van der Waals surface area contributed by atoms with E-state index in [1.54, 1.807) is 7.11 Å². The lowest BCUT2D eigenvalue weighted by molar-refractivity contribution is -0.897. The van der Waals surface area contributed by atoms with Crippen molar-refractivity contribution in [1.82, 2.24) is 5.06 Å². The minimum atomic E-state index is -0.371. The van der Waals surface area contributed by atoms with Crippen molar-refractivity contribution in [3.05, 3.63) is 33.7 Å². The molecular weight excluding hydrogens is 404 g/mol. The van der Waals surface area contributed by atoms with Crippen LogP contribution in [0.1, 0.15) is 89.2 Å². The molecule has 0 aromatic heterocycles. The van der Waals surface area contributed by atoms with Crippen LogP contribution in [0.2, 0.25) is 0 Å².